The molecule has 0 fully saturated rings. The fourth-order valence-electron chi connectivity index (χ4n) is 3.74. The van der Waals surface area contributed by atoms with Crippen LogP contribution in [0.1, 0.15) is 39.9 Å². The van der Waals surface area contributed by atoms with E-state index in [1.54, 1.807) is 12.1 Å². The predicted molar refractivity (Wildman–Crippen MR) is 91.3 cm³/mol. The quantitative estimate of drug-likeness (QED) is 0.823. The summed E-state index contributed by atoms with van der Waals surface area (Å²) < 4.78 is 1.06. The molecule has 0 radical (unpaired) electrons. The monoisotopic (exact) mass is 368 g/mol. The Kier molecular flexibility index (Phi) is 3.49. The van der Waals surface area contributed by atoms with Crippen LogP contribution < -0.4 is 10.4 Å². The van der Waals surface area contributed by atoms with Crippen LogP contribution in [0.25, 0.3) is 0 Å². The molecule has 1 aliphatic carbocycles. The predicted octanol–water partition coefficient (Wildman–Crippen LogP) is 3.64. The molecule has 0 aromatic heterocycles. The number of fused-ring (bicyclic) bond motifs is 3. The van der Waals surface area contributed by atoms with Gasteiger partial charge in [-0.25, -0.2) is 0 Å². The van der Waals surface area contributed by atoms with Crippen molar-refractivity contribution in [1.82, 2.24) is 0 Å². The molecule has 4 heteroatoms. The molecule has 2 aromatic carbocycles. The van der Waals surface area contributed by atoms with E-state index in [-0.39, 0.29) is 11.6 Å². The third kappa shape index (κ3) is 2.38. The van der Waals surface area contributed by atoms with E-state index in [9.17, 15) is 9.90 Å². The van der Waals surface area contributed by atoms with Gasteiger partial charge in [-0.3, -0.25) is 0 Å². The lowest BCUT2D eigenvalue weighted by Crippen LogP contribution is -2.29. The standard InChI is InChI=1S/C19H16BrNO2/c20-16-6-2-5-15-13-3-1-4-14(13)17(21-18(15)16)11-7-9-12(10-8-11)19(22)23/h1-3,5-10,13-14,17,21H,4H2,(H,22,23)/p-1/t13-,14+,17+/m0/s1. The maximum Gasteiger partial charge on any atom is 0.0715 e. The number of carbonyl (C=O) groups is 1. The van der Waals surface area contributed by atoms with Gasteiger partial charge in [0.25, 0.3) is 0 Å². The van der Waals surface area contributed by atoms with E-state index in [0.717, 1.165) is 22.1 Å². The number of carbonyl (C=O) groups excluding carboxylic acids is 1. The van der Waals surface area contributed by atoms with E-state index in [1.165, 1.54) is 5.56 Å². The van der Waals surface area contributed by atoms with Crippen molar-refractivity contribution < 1.29 is 9.90 Å². The molecule has 0 amide bonds. The normalized spacial score (nSPS) is 24.7. The van der Waals surface area contributed by atoms with E-state index in [4.69, 9.17) is 0 Å². The largest absolute Gasteiger partial charge is 0.545 e. The van der Waals surface area contributed by atoms with Crippen molar-refractivity contribution in [3.05, 3.63) is 75.8 Å². The smallest absolute Gasteiger partial charge is 0.0715 e. The summed E-state index contributed by atoms with van der Waals surface area (Å²) in [5.41, 5.74) is 3.78. The summed E-state index contributed by atoms with van der Waals surface area (Å²) in [6.07, 6.45) is 5.56. The molecule has 1 heterocycles. The van der Waals surface area contributed by atoms with Crippen LogP contribution in [0.3, 0.4) is 0 Å². The van der Waals surface area contributed by atoms with Crippen LogP contribution in [0.5, 0.6) is 0 Å². The minimum Gasteiger partial charge on any atom is -0.545 e. The molecular weight excluding hydrogens is 354 g/mol. The van der Waals surface area contributed by atoms with E-state index in [1.807, 2.05) is 18.2 Å². The summed E-state index contributed by atoms with van der Waals surface area (Å²) in [6, 6.07) is 13.5. The number of benzene rings is 2. The second kappa shape index (κ2) is 5.53. The number of hydrogen-bond acceptors (Lipinski definition) is 3. The Morgan fingerprint density at radius 1 is 1.17 bits per heavy atom. The number of nitrogens with one attached hydrogen (secondary N) is 1. The molecule has 0 bridgehead atoms. The van der Waals surface area contributed by atoms with Crippen LogP contribution in [0, 0.1) is 5.92 Å². The molecule has 1 N–H and O–H groups in total. The highest BCUT2D eigenvalue weighted by Gasteiger charge is 2.38. The number of halogens is 1. The fourth-order valence-corrected chi connectivity index (χ4v) is 4.24. The molecule has 23 heavy (non-hydrogen) atoms. The molecule has 0 saturated carbocycles. The van der Waals surface area contributed by atoms with Gasteiger partial charge in [0.15, 0.2) is 0 Å². The maximum atomic E-state index is 10.9. The molecule has 1 aliphatic heterocycles. The second-order valence-corrected chi connectivity index (χ2v) is 6.94. The van der Waals surface area contributed by atoms with Gasteiger partial charge in [-0.2, -0.15) is 0 Å². The molecule has 0 unspecified atom stereocenters. The van der Waals surface area contributed by atoms with E-state index in [0.29, 0.717) is 11.8 Å². The van der Waals surface area contributed by atoms with Gasteiger partial charge in [-0.15, -0.1) is 0 Å². The number of rotatable bonds is 2. The van der Waals surface area contributed by atoms with Crippen molar-refractivity contribution in [2.24, 2.45) is 5.92 Å². The maximum absolute atomic E-state index is 10.9. The highest BCUT2D eigenvalue weighted by Crippen LogP contribution is 2.51. The van der Waals surface area contributed by atoms with Gasteiger partial charge in [-0.1, -0.05) is 48.6 Å². The first-order valence-electron chi connectivity index (χ1n) is 7.68. The Morgan fingerprint density at radius 3 is 2.70 bits per heavy atom. The van der Waals surface area contributed by atoms with Gasteiger partial charge >= 0.3 is 0 Å². The molecular formula is C19H15BrNO2-. The number of carboxylic acids is 1. The zero-order chi connectivity index (χ0) is 16.0. The number of anilines is 1. The fraction of sp³-hybridized carbons (Fsp3) is 0.211. The third-order valence-electron chi connectivity index (χ3n) is 4.85. The molecule has 3 nitrogen and oxygen atoms in total. The van der Waals surface area contributed by atoms with Crippen LogP contribution in [0.15, 0.2) is 59.1 Å². The first-order valence-corrected chi connectivity index (χ1v) is 8.47. The number of hydrogen-bond donors (Lipinski definition) is 1. The molecule has 116 valence electrons. The van der Waals surface area contributed by atoms with Crippen molar-refractivity contribution in [3.8, 4) is 0 Å². The second-order valence-electron chi connectivity index (χ2n) is 6.09. The number of aromatic carboxylic acids is 1. The van der Waals surface area contributed by atoms with Crippen LogP contribution in [0.2, 0.25) is 0 Å². The zero-order valence-corrected chi connectivity index (χ0v) is 13.9. The van der Waals surface area contributed by atoms with Crippen molar-refractivity contribution >= 4 is 27.6 Å². The summed E-state index contributed by atoms with van der Waals surface area (Å²) in [6.45, 7) is 0. The minimum atomic E-state index is -1.14. The molecule has 2 aliphatic rings. The van der Waals surface area contributed by atoms with Gasteiger partial charge < -0.3 is 15.2 Å². The van der Waals surface area contributed by atoms with Crippen molar-refractivity contribution in [1.29, 1.82) is 0 Å². The number of carboxylic acid groups (broad SMARTS) is 1. The lowest BCUT2D eigenvalue weighted by atomic mass is 9.77. The number of allylic oxidation sites excluding steroid dienone is 2. The number of para-hydroxylation sites is 1. The first-order chi connectivity index (χ1) is 11.1. The third-order valence-corrected chi connectivity index (χ3v) is 5.51. The zero-order valence-electron chi connectivity index (χ0n) is 12.3. The van der Waals surface area contributed by atoms with E-state index < -0.39 is 5.97 Å². The summed E-state index contributed by atoms with van der Waals surface area (Å²) in [5.74, 6) is -0.290. The molecule has 0 saturated heterocycles. The highest BCUT2D eigenvalue weighted by molar-refractivity contribution is 9.10. The van der Waals surface area contributed by atoms with Crippen LogP contribution in [0.4, 0.5) is 5.69 Å². The summed E-state index contributed by atoms with van der Waals surface area (Å²) >= 11 is 3.64. The molecule has 0 spiro atoms. The van der Waals surface area contributed by atoms with Crippen molar-refractivity contribution in [2.45, 2.75) is 18.4 Å². The minimum absolute atomic E-state index is 0.164. The summed E-state index contributed by atoms with van der Waals surface area (Å²) in [4.78, 5) is 10.9. The average molecular weight is 369 g/mol. The molecule has 2 aromatic rings. The Bertz CT molecular complexity index is 798. The van der Waals surface area contributed by atoms with Crippen LogP contribution in [-0.2, 0) is 0 Å². The van der Waals surface area contributed by atoms with E-state index in [2.05, 4.69) is 45.5 Å². The van der Waals surface area contributed by atoms with Gasteiger partial charge in [0.2, 0.25) is 0 Å². The van der Waals surface area contributed by atoms with Crippen molar-refractivity contribution in [2.75, 3.05) is 5.32 Å². The lowest BCUT2D eigenvalue weighted by molar-refractivity contribution is -0.255. The van der Waals surface area contributed by atoms with Gasteiger partial charge in [0, 0.05) is 10.4 Å². The Labute approximate surface area is 143 Å². The summed E-state index contributed by atoms with van der Waals surface area (Å²) in [7, 11) is 0. The highest BCUT2D eigenvalue weighted by atomic mass is 79.9. The SMILES string of the molecule is O=C([O-])c1ccc([C@H]2Nc3c(Br)cccc3[C@H]3C=CC[C@H]32)cc1. The Morgan fingerprint density at radius 2 is 1.96 bits per heavy atom. The Balaban J connectivity index is 1.75. The van der Waals surface area contributed by atoms with Gasteiger partial charge in [0.1, 0.15) is 0 Å². The van der Waals surface area contributed by atoms with Gasteiger partial charge in [0.05, 0.1) is 17.7 Å². The van der Waals surface area contributed by atoms with Crippen LogP contribution in [-0.4, -0.2) is 5.97 Å². The first kappa shape index (κ1) is 14.5. The average Bonchev–Trinajstić information content (AvgIpc) is 3.04. The topological polar surface area (TPSA) is 52.2 Å². The van der Waals surface area contributed by atoms with Gasteiger partial charge in [-0.05, 0) is 51.0 Å². The van der Waals surface area contributed by atoms with E-state index >= 15 is 0 Å². The lowest BCUT2D eigenvalue weighted by Gasteiger charge is -2.38. The van der Waals surface area contributed by atoms with Crippen LogP contribution >= 0.6 is 15.9 Å². The Hall–Kier alpha value is -2.07. The van der Waals surface area contributed by atoms with Crippen molar-refractivity contribution in [3.63, 3.8) is 0 Å². The molecule has 3 atom stereocenters. The summed E-state index contributed by atoms with van der Waals surface area (Å²) in [5, 5.41) is 14.6. The molecule has 4 rings (SSSR count).